The van der Waals surface area contributed by atoms with Crippen LogP contribution in [0.1, 0.15) is 11.7 Å². The van der Waals surface area contributed by atoms with Crippen LogP contribution in [0.3, 0.4) is 0 Å². The maximum absolute atomic E-state index is 5.62. The van der Waals surface area contributed by atoms with Gasteiger partial charge in [-0.15, -0.1) is 0 Å². The molecule has 0 radical (unpaired) electrons. The first-order valence-electron chi connectivity index (χ1n) is 7.36. The molecule has 0 bridgehead atoms. The van der Waals surface area contributed by atoms with Crippen LogP contribution in [-0.4, -0.2) is 6.61 Å². The van der Waals surface area contributed by atoms with Gasteiger partial charge in [0.25, 0.3) is 0 Å². The van der Waals surface area contributed by atoms with Crippen LogP contribution in [0.2, 0.25) is 0 Å². The normalized spacial score (nSPS) is 17.6. The monoisotopic (exact) mass is 270 g/mol. The van der Waals surface area contributed by atoms with Crippen LogP contribution in [0.25, 0.3) is 32.3 Å². The van der Waals surface area contributed by atoms with E-state index in [9.17, 15) is 0 Å². The fourth-order valence-corrected chi connectivity index (χ4v) is 3.42. The Kier molecular flexibility index (Phi) is 2.18. The summed E-state index contributed by atoms with van der Waals surface area (Å²) in [5.74, 6) is 0. The number of ether oxygens (including phenoxy) is 1. The molecular weight excluding hydrogens is 256 g/mol. The number of rotatable bonds is 1. The average Bonchev–Trinajstić information content (AvgIpc) is 3.37. The van der Waals surface area contributed by atoms with E-state index in [4.69, 9.17) is 4.74 Å². The van der Waals surface area contributed by atoms with Crippen LogP contribution in [0, 0.1) is 0 Å². The SMILES string of the molecule is c1ccc2c([C@H]3CO3)c3ccc4ccccc4c3cc2c1. The second-order valence-corrected chi connectivity index (χ2v) is 5.72. The quantitative estimate of drug-likeness (QED) is 0.262. The van der Waals surface area contributed by atoms with Crippen molar-refractivity contribution in [2.75, 3.05) is 6.61 Å². The number of hydrogen-bond donors (Lipinski definition) is 0. The van der Waals surface area contributed by atoms with Crippen LogP contribution in [0.5, 0.6) is 0 Å². The molecule has 1 aliphatic rings. The summed E-state index contributed by atoms with van der Waals surface area (Å²) in [6.07, 6.45) is 0.264. The summed E-state index contributed by atoms with van der Waals surface area (Å²) in [5.41, 5.74) is 1.36. The van der Waals surface area contributed by atoms with Gasteiger partial charge in [0, 0.05) is 0 Å². The van der Waals surface area contributed by atoms with Gasteiger partial charge in [-0.3, -0.25) is 0 Å². The Bertz CT molecular complexity index is 996. The average molecular weight is 270 g/mol. The van der Waals surface area contributed by atoms with E-state index in [1.54, 1.807) is 0 Å². The standard InChI is InChI=1S/C20H14O/c1-3-7-15-13(5-1)9-10-17-18(15)11-14-6-2-4-8-16(14)20(17)19-12-21-19/h1-11,19H,12H2/t19-/m1/s1. The smallest absolute Gasteiger partial charge is 0.107 e. The third kappa shape index (κ3) is 1.61. The van der Waals surface area contributed by atoms with Crippen LogP contribution >= 0.6 is 0 Å². The maximum Gasteiger partial charge on any atom is 0.107 e. The van der Waals surface area contributed by atoms with Crippen LogP contribution in [-0.2, 0) is 4.74 Å². The second-order valence-electron chi connectivity index (χ2n) is 5.72. The van der Waals surface area contributed by atoms with Crippen LogP contribution in [0.15, 0.2) is 66.7 Å². The Balaban J connectivity index is 2.05. The Morgan fingerprint density at radius 2 is 1.38 bits per heavy atom. The molecule has 1 heteroatoms. The molecule has 4 aromatic rings. The summed E-state index contributed by atoms with van der Waals surface area (Å²) < 4.78 is 5.62. The van der Waals surface area contributed by atoms with Crippen molar-refractivity contribution in [3.05, 3.63) is 72.3 Å². The van der Waals surface area contributed by atoms with Crippen LogP contribution < -0.4 is 0 Å². The molecule has 4 aromatic carbocycles. The fraction of sp³-hybridized carbons (Fsp3) is 0.100. The van der Waals surface area contributed by atoms with Crippen molar-refractivity contribution in [1.82, 2.24) is 0 Å². The molecule has 0 N–H and O–H groups in total. The van der Waals surface area contributed by atoms with E-state index in [1.807, 2.05) is 0 Å². The van der Waals surface area contributed by atoms with E-state index >= 15 is 0 Å². The van der Waals surface area contributed by atoms with E-state index in [2.05, 4.69) is 66.7 Å². The minimum absolute atomic E-state index is 0.264. The Hall–Kier alpha value is -2.38. The first-order chi connectivity index (χ1) is 10.4. The third-order valence-electron chi connectivity index (χ3n) is 4.47. The van der Waals surface area contributed by atoms with Crippen molar-refractivity contribution in [2.45, 2.75) is 6.10 Å². The van der Waals surface area contributed by atoms with Gasteiger partial charge in [-0.05, 0) is 43.9 Å². The first-order valence-corrected chi connectivity index (χ1v) is 7.36. The molecule has 0 spiro atoms. The van der Waals surface area contributed by atoms with Gasteiger partial charge in [0.2, 0.25) is 0 Å². The summed E-state index contributed by atoms with van der Waals surface area (Å²) in [7, 11) is 0. The lowest BCUT2D eigenvalue weighted by Crippen LogP contribution is -1.89. The van der Waals surface area contributed by atoms with E-state index in [0.717, 1.165) is 6.61 Å². The summed E-state index contributed by atoms with van der Waals surface area (Å²) in [6.45, 7) is 0.843. The summed E-state index contributed by atoms with van der Waals surface area (Å²) in [5, 5.41) is 7.90. The molecule has 1 aliphatic heterocycles. The zero-order chi connectivity index (χ0) is 13.8. The summed E-state index contributed by atoms with van der Waals surface area (Å²) in [6, 6.07) is 24.0. The molecule has 1 atom stereocenters. The maximum atomic E-state index is 5.62. The van der Waals surface area contributed by atoms with Crippen molar-refractivity contribution in [3.8, 4) is 0 Å². The molecule has 0 aliphatic carbocycles. The van der Waals surface area contributed by atoms with Gasteiger partial charge < -0.3 is 4.74 Å². The highest BCUT2D eigenvalue weighted by atomic mass is 16.6. The fourth-order valence-electron chi connectivity index (χ4n) is 3.42. The molecule has 0 saturated carbocycles. The highest BCUT2D eigenvalue weighted by molar-refractivity contribution is 6.14. The summed E-state index contributed by atoms with van der Waals surface area (Å²) in [4.78, 5) is 0. The zero-order valence-electron chi connectivity index (χ0n) is 11.5. The predicted molar refractivity (Wildman–Crippen MR) is 87.7 cm³/mol. The third-order valence-corrected chi connectivity index (χ3v) is 4.47. The van der Waals surface area contributed by atoms with Crippen molar-refractivity contribution in [1.29, 1.82) is 0 Å². The van der Waals surface area contributed by atoms with E-state index < -0.39 is 0 Å². The van der Waals surface area contributed by atoms with E-state index in [0.29, 0.717) is 0 Å². The molecular formula is C20H14O. The van der Waals surface area contributed by atoms with Crippen molar-refractivity contribution in [3.63, 3.8) is 0 Å². The lowest BCUT2D eigenvalue weighted by molar-refractivity contribution is 0.418. The number of epoxide rings is 1. The van der Waals surface area contributed by atoms with Gasteiger partial charge in [-0.2, -0.15) is 0 Å². The zero-order valence-corrected chi connectivity index (χ0v) is 11.5. The minimum atomic E-state index is 0.264. The van der Waals surface area contributed by atoms with Crippen molar-refractivity contribution in [2.24, 2.45) is 0 Å². The number of benzene rings is 4. The highest BCUT2D eigenvalue weighted by Gasteiger charge is 2.28. The van der Waals surface area contributed by atoms with E-state index in [1.165, 1.54) is 37.9 Å². The first kappa shape index (κ1) is 11.3. The lowest BCUT2D eigenvalue weighted by Gasteiger charge is -2.11. The van der Waals surface area contributed by atoms with Gasteiger partial charge in [-0.25, -0.2) is 0 Å². The Labute approximate surface area is 122 Å². The molecule has 100 valence electrons. The molecule has 1 nitrogen and oxygen atoms in total. The second kappa shape index (κ2) is 4.06. The molecule has 1 heterocycles. The molecule has 0 aromatic heterocycles. The molecule has 1 saturated heterocycles. The summed E-state index contributed by atoms with van der Waals surface area (Å²) >= 11 is 0. The molecule has 0 unspecified atom stereocenters. The Morgan fingerprint density at radius 3 is 2.19 bits per heavy atom. The molecule has 1 fully saturated rings. The molecule has 21 heavy (non-hydrogen) atoms. The van der Waals surface area contributed by atoms with E-state index in [-0.39, 0.29) is 6.10 Å². The van der Waals surface area contributed by atoms with Gasteiger partial charge in [-0.1, -0.05) is 60.7 Å². The Morgan fingerprint density at radius 1 is 0.667 bits per heavy atom. The van der Waals surface area contributed by atoms with Gasteiger partial charge in [0.15, 0.2) is 0 Å². The number of fused-ring (bicyclic) bond motifs is 4. The lowest BCUT2D eigenvalue weighted by atomic mass is 9.92. The van der Waals surface area contributed by atoms with Crippen LogP contribution in [0.4, 0.5) is 0 Å². The van der Waals surface area contributed by atoms with Crippen molar-refractivity contribution < 1.29 is 4.74 Å². The highest BCUT2D eigenvalue weighted by Crippen LogP contribution is 2.41. The number of hydrogen-bond acceptors (Lipinski definition) is 1. The van der Waals surface area contributed by atoms with Gasteiger partial charge in [0.05, 0.1) is 6.61 Å². The van der Waals surface area contributed by atoms with Crippen molar-refractivity contribution >= 4 is 32.3 Å². The largest absolute Gasteiger partial charge is 0.368 e. The van der Waals surface area contributed by atoms with Gasteiger partial charge in [0.1, 0.15) is 6.10 Å². The van der Waals surface area contributed by atoms with Gasteiger partial charge >= 0.3 is 0 Å². The molecule has 5 rings (SSSR count). The molecule has 0 amide bonds. The minimum Gasteiger partial charge on any atom is -0.368 e. The topological polar surface area (TPSA) is 12.5 Å². The predicted octanol–water partition coefficient (Wildman–Crippen LogP) is 5.22.